The first kappa shape index (κ1) is 19.2. The molecular weight excluding hydrogens is 364 g/mol. The minimum absolute atomic E-state index is 0.0492. The smallest absolute Gasteiger partial charge is 0.255 e. The van der Waals surface area contributed by atoms with Gasteiger partial charge in [-0.2, -0.15) is 0 Å². The Kier molecular flexibility index (Phi) is 6.41. The van der Waals surface area contributed by atoms with Crippen molar-refractivity contribution in [3.05, 3.63) is 53.1 Å². The Morgan fingerprint density at radius 1 is 1.16 bits per heavy atom. The van der Waals surface area contributed by atoms with Crippen molar-refractivity contribution < 1.29 is 17.9 Å². The summed E-state index contributed by atoms with van der Waals surface area (Å²) in [6.45, 7) is 2.20. The molecule has 0 aliphatic heterocycles. The van der Waals surface area contributed by atoms with Crippen molar-refractivity contribution in [2.75, 3.05) is 19.0 Å². The number of halogens is 1. The number of hydrogen-bond acceptors (Lipinski definition) is 4. The molecule has 0 heterocycles. The first-order valence-corrected chi connectivity index (χ1v) is 9.48. The highest BCUT2D eigenvalue weighted by molar-refractivity contribution is 7.89. The summed E-state index contributed by atoms with van der Waals surface area (Å²) in [6.07, 6.45) is 0.676. The lowest BCUT2D eigenvalue weighted by molar-refractivity contribution is 0.102. The Balaban J connectivity index is 2.31. The molecule has 2 rings (SSSR count). The molecule has 0 aliphatic rings. The molecule has 1 amide bonds. The fourth-order valence-electron chi connectivity index (χ4n) is 2.07. The third kappa shape index (κ3) is 4.94. The second kappa shape index (κ2) is 8.33. The molecule has 8 heteroatoms. The topological polar surface area (TPSA) is 84.5 Å². The van der Waals surface area contributed by atoms with Crippen LogP contribution in [-0.4, -0.2) is 28.0 Å². The molecule has 0 saturated carbocycles. The lowest BCUT2D eigenvalue weighted by Crippen LogP contribution is -2.24. The number of carbonyl (C=O) groups excluding carboxylic acids is 1. The molecule has 2 aromatic carbocycles. The second-order valence-corrected chi connectivity index (χ2v) is 7.42. The fraction of sp³-hybridized carbons (Fsp3) is 0.235. The van der Waals surface area contributed by atoms with Crippen molar-refractivity contribution in [3.63, 3.8) is 0 Å². The molecule has 134 valence electrons. The molecule has 0 bridgehead atoms. The molecule has 2 aromatic rings. The highest BCUT2D eigenvalue weighted by atomic mass is 35.5. The minimum Gasteiger partial charge on any atom is -0.495 e. The van der Waals surface area contributed by atoms with Gasteiger partial charge in [-0.3, -0.25) is 4.79 Å². The Hall–Kier alpha value is -2.09. The first-order valence-electron chi connectivity index (χ1n) is 7.62. The third-order valence-corrected chi connectivity index (χ3v) is 5.09. The number of hydrogen-bond donors (Lipinski definition) is 2. The van der Waals surface area contributed by atoms with Crippen LogP contribution in [0.15, 0.2) is 47.4 Å². The number of carbonyl (C=O) groups is 1. The van der Waals surface area contributed by atoms with E-state index in [1.807, 2.05) is 6.92 Å². The molecule has 0 fully saturated rings. The largest absolute Gasteiger partial charge is 0.495 e. The predicted molar refractivity (Wildman–Crippen MR) is 97.9 cm³/mol. The molecule has 0 aromatic heterocycles. The quantitative estimate of drug-likeness (QED) is 0.769. The van der Waals surface area contributed by atoms with Gasteiger partial charge in [-0.1, -0.05) is 18.5 Å². The molecule has 6 nitrogen and oxygen atoms in total. The highest BCUT2D eigenvalue weighted by Gasteiger charge is 2.17. The Morgan fingerprint density at radius 2 is 1.84 bits per heavy atom. The molecule has 25 heavy (non-hydrogen) atoms. The van der Waals surface area contributed by atoms with Gasteiger partial charge in [0.25, 0.3) is 5.91 Å². The van der Waals surface area contributed by atoms with Crippen LogP contribution < -0.4 is 14.8 Å². The van der Waals surface area contributed by atoms with Gasteiger partial charge in [0.15, 0.2) is 0 Å². The Morgan fingerprint density at radius 3 is 2.44 bits per heavy atom. The number of rotatable bonds is 7. The maximum Gasteiger partial charge on any atom is 0.255 e. The summed E-state index contributed by atoms with van der Waals surface area (Å²) in [7, 11) is -2.21. The molecule has 0 atom stereocenters. The lowest BCUT2D eigenvalue weighted by Gasteiger charge is -2.13. The number of methoxy groups -OCH3 is 1. The fourth-order valence-corrected chi connectivity index (χ4v) is 3.35. The van der Waals surface area contributed by atoms with Crippen molar-refractivity contribution in [2.45, 2.75) is 18.2 Å². The minimum atomic E-state index is -3.65. The molecule has 0 spiro atoms. The van der Waals surface area contributed by atoms with Crippen LogP contribution in [0.3, 0.4) is 0 Å². The van der Waals surface area contributed by atoms with Crippen LogP contribution in [0.1, 0.15) is 23.7 Å². The van der Waals surface area contributed by atoms with E-state index in [9.17, 15) is 13.2 Å². The van der Waals surface area contributed by atoms with Crippen LogP contribution in [-0.2, 0) is 10.0 Å². The Labute approximate surface area is 152 Å². The van der Waals surface area contributed by atoms with Crippen molar-refractivity contribution in [1.82, 2.24) is 4.72 Å². The summed E-state index contributed by atoms with van der Waals surface area (Å²) >= 11 is 5.81. The summed E-state index contributed by atoms with van der Waals surface area (Å²) < 4.78 is 32.2. The zero-order valence-electron chi connectivity index (χ0n) is 13.9. The van der Waals surface area contributed by atoms with Gasteiger partial charge in [0.05, 0.1) is 17.7 Å². The van der Waals surface area contributed by atoms with Crippen molar-refractivity contribution in [2.24, 2.45) is 0 Å². The van der Waals surface area contributed by atoms with E-state index in [1.165, 1.54) is 25.3 Å². The predicted octanol–water partition coefficient (Wildman–Crippen LogP) is 3.29. The van der Waals surface area contributed by atoms with Crippen LogP contribution in [0.5, 0.6) is 5.75 Å². The van der Waals surface area contributed by atoms with Crippen molar-refractivity contribution >= 4 is 33.2 Å². The molecule has 2 N–H and O–H groups in total. The van der Waals surface area contributed by atoms with E-state index >= 15 is 0 Å². The Bertz CT molecular complexity index is 851. The third-order valence-electron chi connectivity index (χ3n) is 3.38. The summed E-state index contributed by atoms with van der Waals surface area (Å²) in [5.74, 6) is -0.0391. The molecule has 0 saturated heterocycles. The van der Waals surface area contributed by atoms with E-state index in [4.69, 9.17) is 16.3 Å². The van der Waals surface area contributed by atoms with Gasteiger partial charge >= 0.3 is 0 Å². The molecular formula is C17H19ClN2O4S. The lowest BCUT2D eigenvalue weighted by atomic mass is 10.2. The maximum atomic E-state index is 12.4. The van der Waals surface area contributed by atoms with E-state index in [0.717, 1.165) is 0 Å². The van der Waals surface area contributed by atoms with Gasteiger partial charge in [-0.15, -0.1) is 0 Å². The van der Waals surface area contributed by atoms with Gasteiger partial charge in [-0.25, -0.2) is 13.1 Å². The average Bonchev–Trinajstić information content (AvgIpc) is 2.60. The molecule has 0 radical (unpaired) electrons. The summed E-state index contributed by atoms with van der Waals surface area (Å²) in [4.78, 5) is 12.4. The zero-order valence-corrected chi connectivity index (χ0v) is 15.4. The van der Waals surface area contributed by atoms with Crippen LogP contribution in [0, 0.1) is 0 Å². The van der Waals surface area contributed by atoms with E-state index in [2.05, 4.69) is 10.0 Å². The van der Waals surface area contributed by atoms with Crippen LogP contribution in [0.2, 0.25) is 5.02 Å². The van der Waals surface area contributed by atoms with Crippen LogP contribution in [0.25, 0.3) is 0 Å². The summed E-state index contributed by atoms with van der Waals surface area (Å²) in [5, 5.41) is 3.18. The van der Waals surface area contributed by atoms with Crippen molar-refractivity contribution in [3.8, 4) is 5.75 Å². The van der Waals surface area contributed by atoms with E-state index in [1.54, 1.807) is 24.3 Å². The van der Waals surface area contributed by atoms with Gasteiger partial charge in [-0.05, 0) is 48.9 Å². The summed E-state index contributed by atoms with van der Waals surface area (Å²) in [5.41, 5.74) is 0.658. The second-order valence-electron chi connectivity index (χ2n) is 5.22. The van der Waals surface area contributed by atoms with Crippen LogP contribution >= 0.6 is 11.6 Å². The zero-order chi connectivity index (χ0) is 18.4. The van der Waals surface area contributed by atoms with Crippen LogP contribution in [0.4, 0.5) is 5.69 Å². The number of ether oxygens (including phenoxy) is 1. The normalized spacial score (nSPS) is 11.2. The number of benzene rings is 2. The molecule has 0 unspecified atom stereocenters. The number of amides is 1. The van der Waals surface area contributed by atoms with E-state index in [0.29, 0.717) is 29.3 Å². The number of sulfonamides is 1. The van der Waals surface area contributed by atoms with E-state index < -0.39 is 15.9 Å². The number of nitrogens with one attached hydrogen (secondary N) is 2. The van der Waals surface area contributed by atoms with Crippen molar-refractivity contribution in [1.29, 1.82) is 0 Å². The SMILES string of the molecule is CCCNS(=O)(=O)c1ccc(OC)c(NC(=O)c2ccc(Cl)cc2)c1. The first-order chi connectivity index (χ1) is 11.9. The number of anilines is 1. The van der Waals surface area contributed by atoms with Gasteiger partial charge in [0.2, 0.25) is 10.0 Å². The molecule has 0 aliphatic carbocycles. The summed E-state index contributed by atoms with van der Waals surface area (Å²) in [6, 6.07) is 10.6. The van der Waals surface area contributed by atoms with Gasteiger partial charge < -0.3 is 10.1 Å². The monoisotopic (exact) mass is 382 g/mol. The standard InChI is InChI=1S/C17H19ClN2O4S/c1-3-10-19-25(22,23)14-8-9-16(24-2)15(11-14)20-17(21)12-4-6-13(18)7-5-12/h4-9,11,19H,3,10H2,1-2H3,(H,20,21). The van der Waals surface area contributed by atoms with Gasteiger partial charge in [0.1, 0.15) is 5.75 Å². The average molecular weight is 383 g/mol. The van der Waals surface area contributed by atoms with Gasteiger partial charge in [0, 0.05) is 17.1 Å². The maximum absolute atomic E-state index is 12.4. The highest BCUT2D eigenvalue weighted by Crippen LogP contribution is 2.28. The van der Waals surface area contributed by atoms with E-state index in [-0.39, 0.29) is 10.6 Å².